The van der Waals surface area contributed by atoms with Gasteiger partial charge in [-0.25, -0.2) is 4.39 Å². The molecule has 2 atom stereocenters. The van der Waals surface area contributed by atoms with Gasteiger partial charge in [0.2, 0.25) is 0 Å². The minimum Gasteiger partial charge on any atom is -0.508 e. The van der Waals surface area contributed by atoms with Gasteiger partial charge in [0, 0.05) is 23.2 Å². The van der Waals surface area contributed by atoms with Crippen LogP contribution in [0.4, 0.5) is 28.9 Å². The molecule has 192 valence electrons. The van der Waals surface area contributed by atoms with Crippen LogP contribution in [0.5, 0.6) is 11.5 Å². The molecule has 0 fully saturated rings. The maximum atomic E-state index is 13.1. The Kier molecular flexibility index (Phi) is 9.83. The molecule has 36 heavy (non-hydrogen) atoms. The zero-order valence-corrected chi connectivity index (χ0v) is 19.9. The molecule has 10 heteroatoms. The van der Waals surface area contributed by atoms with Crippen molar-refractivity contribution in [3.8, 4) is 11.5 Å². The minimum absolute atomic E-state index is 0.125. The summed E-state index contributed by atoms with van der Waals surface area (Å²) in [7, 11) is 0. The number of aromatic hydroxyl groups is 1. The number of halogens is 4. The average molecular weight is 506 g/mol. The zero-order valence-electron chi connectivity index (χ0n) is 19.9. The molecular formula is C26H27F4N3O3. The van der Waals surface area contributed by atoms with E-state index in [2.05, 4.69) is 5.32 Å². The van der Waals surface area contributed by atoms with Gasteiger partial charge >= 0.3 is 12.1 Å². The number of anilines is 2. The number of carbonyl (C=O) groups excluding carboxylic acids is 1. The van der Waals surface area contributed by atoms with Crippen molar-refractivity contribution in [1.82, 2.24) is 5.32 Å². The number of ether oxygens (including phenoxy) is 1. The van der Waals surface area contributed by atoms with Gasteiger partial charge in [-0.2, -0.15) is 13.2 Å². The molecule has 1 amide bonds. The number of carbonyl (C=O) groups is 1. The molecule has 0 heterocycles. The molecule has 3 aromatic rings. The number of hydrogen-bond acceptors (Lipinski definition) is 5. The fourth-order valence-electron chi connectivity index (χ4n) is 3.21. The van der Waals surface area contributed by atoms with Gasteiger partial charge in [-0.1, -0.05) is 26.0 Å². The molecular weight excluding hydrogens is 478 g/mol. The van der Waals surface area contributed by atoms with E-state index in [0.29, 0.717) is 22.5 Å². The molecule has 0 aromatic heterocycles. The predicted octanol–water partition coefficient (Wildman–Crippen LogP) is 6.49. The quantitative estimate of drug-likeness (QED) is 0.208. The summed E-state index contributed by atoms with van der Waals surface area (Å²) >= 11 is 0. The van der Waals surface area contributed by atoms with Gasteiger partial charge in [0.1, 0.15) is 23.4 Å². The first-order valence-corrected chi connectivity index (χ1v) is 11.1. The van der Waals surface area contributed by atoms with Gasteiger partial charge in [-0.05, 0) is 67.1 Å². The second kappa shape index (κ2) is 12.6. The van der Waals surface area contributed by atoms with E-state index in [1.165, 1.54) is 61.5 Å². The van der Waals surface area contributed by atoms with Crippen LogP contribution in [0, 0.1) is 11.2 Å². The summed E-state index contributed by atoms with van der Waals surface area (Å²) in [5.74, 6) is -2.43. The van der Waals surface area contributed by atoms with Crippen LogP contribution in [0.3, 0.4) is 0 Å². The number of nitrogens with one attached hydrogen (secondary N) is 3. The van der Waals surface area contributed by atoms with Crippen molar-refractivity contribution in [2.24, 2.45) is 0 Å². The van der Waals surface area contributed by atoms with Crippen molar-refractivity contribution < 1.29 is 32.2 Å². The van der Waals surface area contributed by atoms with Gasteiger partial charge in [-0.3, -0.25) is 4.79 Å². The molecule has 4 N–H and O–H groups in total. The number of phenolic OH excluding ortho intramolecular Hbond substituents is 1. The number of hydrogen-bond donors (Lipinski definition) is 4. The number of benzene rings is 3. The molecule has 3 aromatic carbocycles. The Morgan fingerprint density at radius 1 is 1.06 bits per heavy atom. The van der Waals surface area contributed by atoms with Crippen molar-refractivity contribution in [2.45, 2.75) is 39.1 Å². The summed E-state index contributed by atoms with van der Waals surface area (Å²) in [5, 5.41) is 22.4. The molecule has 3 rings (SSSR count). The third-order valence-electron chi connectivity index (χ3n) is 4.83. The average Bonchev–Trinajstić information content (AvgIpc) is 2.85. The highest BCUT2D eigenvalue weighted by Gasteiger charge is 2.40. The van der Waals surface area contributed by atoms with Gasteiger partial charge in [-0.15, -0.1) is 0 Å². The summed E-state index contributed by atoms with van der Waals surface area (Å²) in [6.45, 7) is 5.35. The molecule has 0 bridgehead atoms. The van der Waals surface area contributed by atoms with Crippen LogP contribution in [0.25, 0.3) is 0 Å². The summed E-state index contributed by atoms with van der Waals surface area (Å²) < 4.78 is 57.4. The van der Waals surface area contributed by atoms with Crippen LogP contribution in [-0.4, -0.2) is 29.4 Å². The van der Waals surface area contributed by atoms with Crippen LogP contribution in [0.15, 0.2) is 66.7 Å². The standard InChI is InChI=1S/C24H21F4N3O3.C2H6/c1-14(30-23(33)24(26,27)28)22(15-3-2-4-19(32)11-15)34-20-9-10-21(16(12-20)13-29)31-18-7-5-17(25)6-8-18;1-2/h2-14,22,29,31-32H,1H3,(H,30,33);1-2H3/t14?,22-;/m0./s1. The first-order chi connectivity index (χ1) is 17.1. The minimum atomic E-state index is -5.07. The molecule has 0 saturated carbocycles. The molecule has 0 spiro atoms. The number of alkyl halides is 3. The molecule has 0 aliphatic carbocycles. The highest BCUT2D eigenvalue weighted by Crippen LogP contribution is 2.31. The first-order valence-electron chi connectivity index (χ1n) is 11.1. The summed E-state index contributed by atoms with van der Waals surface area (Å²) in [4.78, 5) is 11.5. The molecule has 0 saturated heterocycles. The van der Waals surface area contributed by atoms with Crippen molar-refractivity contribution in [2.75, 3.05) is 5.32 Å². The van der Waals surface area contributed by atoms with E-state index in [-0.39, 0.29) is 11.5 Å². The Labute approximate surface area is 206 Å². The second-order valence-corrected chi connectivity index (χ2v) is 7.42. The fraction of sp³-hybridized carbons (Fsp3) is 0.231. The fourth-order valence-corrected chi connectivity index (χ4v) is 3.21. The SMILES string of the molecule is CC.CC(NC(=O)C(F)(F)F)[C@H](Oc1ccc(Nc2ccc(F)cc2)c(C=N)c1)c1cccc(O)c1. The molecule has 6 nitrogen and oxygen atoms in total. The Balaban J connectivity index is 0.00000222. The van der Waals surface area contributed by atoms with Gasteiger partial charge in [0.25, 0.3) is 0 Å². The lowest BCUT2D eigenvalue weighted by Crippen LogP contribution is -2.45. The summed E-state index contributed by atoms with van der Waals surface area (Å²) in [6.07, 6.45) is -5.11. The molecule has 0 aliphatic rings. The largest absolute Gasteiger partial charge is 0.508 e. The van der Waals surface area contributed by atoms with E-state index in [0.717, 1.165) is 6.21 Å². The van der Waals surface area contributed by atoms with Crippen molar-refractivity contribution in [3.05, 3.63) is 83.7 Å². The highest BCUT2D eigenvalue weighted by atomic mass is 19.4. The Morgan fingerprint density at radius 3 is 2.31 bits per heavy atom. The lowest BCUT2D eigenvalue weighted by Gasteiger charge is -2.27. The predicted molar refractivity (Wildman–Crippen MR) is 130 cm³/mol. The summed E-state index contributed by atoms with van der Waals surface area (Å²) in [5.41, 5.74) is 1.82. The normalized spacial score (nSPS) is 12.4. The number of phenols is 1. The second-order valence-electron chi connectivity index (χ2n) is 7.42. The van der Waals surface area contributed by atoms with E-state index in [9.17, 15) is 27.5 Å². The molecule has 0 aliphatic heterocycles. The molecule has 1 unspecified atom stereocenters. The van der Waals surface area contributed by atoms with Crippen LogP contribution in [0.2, 0.25) is 0 Å². The monoisotopic (exact) mass is 505 g/mol. The smallest absolute Gasteiger partial charge is 0.471 e. The van der Waals surface area contributed by atoms with Crippen LogP contribution in [-0.2, 0) is 4.79 Å². The Morgan fingerprint density at radius 2 is 1.72 bits per heavy atom. The van der Waals surface area contributed by atoms with Crippen molar-refractivity contribution >= 4 is 23.5 Å². The van der Waals surface area contributed by atoms with E-state index < -0.39 is 30.0 Å². The van der Waals surface area contributed by atoms with Gasteiger partial charge in [0.15, 0.2) is 0 Å². The van der Waals surface area contributed by atoms with Crippen molar-refractivity contribution in [3.63, 3.8) is 0 Å². The first kappa shape index (κ1) is 28.2. The zero-order chi connectivity index (χ0) is 26.9. The van der Waals surface area contributed by atoms with Crippen molar-refractivity contribution in [1.29, 1.82) is 5.41 Å². The third-order valence-corrected chi connectivity index (χ3v) is 4.83. The molecule has 0 radical (unpaired) electrons. The Hall–Kier alpha value is -4.08. The number of amides is 1. The van der Waals surface area contributed by atoms with Crippen LogP contribution >= 0.6 is 0 Å². The topological polar surface area (TPSA) is 94.4 Å². The van der Waals surface area contributed by atoms with E-state index in [4.69, 9.17) is 10.1 Å². The van der Waals surface area contributed by atoms with Gasteiger partial charge in [0.05, 0.1) is 6.04 Å². The Bertz CT molecular complexity index is 1170. The highest BCUT2D eigenvalue weighted by molar-refractivity contribution is 5.88. The lowest BCUT2D eigenvalue weighted by atomic mass is 10.0. The summed E-state index contributed by atoms with van der Waals surface area (Å²) in [6, 6.07) is 14.9. The van der Waals surface area contributed by atoms with Gasteiger partial charge < -0.3 is 25.9 Å². The maximum absolute atomic E-state index is 13.1. The van der Waals surface area contributed by atoms with E-state index in [1.54, 1.807) is 12.1 Å². The van der Waals surface area contributed by atoms with Crippen LogP contribution < -0.4 is 15.4 Å². The van der Waals surface area contributed by atoms with Crippen LogP contribution in [0.1, 0.15) is 38.0 Å². The lowest BCUT2D eigenvalue weighted by molar-refractivity contribution is -0.174. The number of rotatable bonds is 8. The van der Waals surface area contributed by atoms with E-state index >= 15 is 0 Å². The third kappa shape index (κ3) is 7.72. The maximum Gasteiger partial charge on any atom is 0.471 e. The van der Waals surface area contributed by atoms with E-state index in [1.807, 2.05) is 19.2 Å².